The third-order valence-corrected chi connectivity index (χ3v) is 1.68. The SMILES string of the molecule is O=NC(=O)CC(I)C[N+](=O)[O-]. The fraction of sp³-hybridized carbons (Fsp3) is 0.750. The van der Waals surface area contributed by atoms with Gasteiger partial charge in [-0.3, -0.25) is 14.9 Å². The molecule has 11 heavy (non-hydrogen) atoms. The minimum atomic E-state index is -0.841. The molecular weight excluding hydrogens is 267 g/mol. The van der Waals surface area contributed by atoms with E-state index in [4.69, 9.17) is 0 Å². The molecule has 1 amide bonds. The van der Waals surface area contributed by atoms with Crippen LogP contribution in [0.4, 0.5) is 0 Å². The van der Waals surface area contributed by atoms with Crippen molar-refractivity contribution in [2.24, 2.45) is 5.18 Å². The van der Waals surface area contributed by atoms with Gasteiger partial charge in [-0.05, 0) is 0 Å². The summed E-state index contributed by atoms with van der Waals surface area (Å²) in [5, 5.41) is 12.0. The van der Waals surface area contributed by atoms with Gasteiger partial charge in [0.15, 0.2) is 0 Å². The van der Waals surface area contributed by atoms with Crippen molar-refractivity contribution in [3.63, 3.8) is 0 Å². The summed E-state index contributed by atoms with van der Waals surface area (Å²) in [5.74, 6) is -0.841. The van der Waals surface area contributed by atoms with Gasteiger partial charge in [-0.25, -0.2) is 0 Å². The second-order valence-corrected chi connectivity index (χ2v) is 3.56. The molecule has 0 aromatic rings. The van der Waals surface area contributed by atoms with Crippen LogP contribution in [0.5, 0.6) is 0 Å². The predicted molar refractivity (Wildman–Crippen MR) is 45.1 cm³/mol. The second-order valence-electron chi connectivity index (χ2n) is 1.80. The molecule has 0 aliphatic heterocycles. The standard InChI is InChI=1S/C4H5IN2O4/c5-3(2-7(10)11)1-4(8)6-9/h3H,1-2H2. The van der Waals surface area contributed by atoms with Crippen molar-refractivity contribution in [2.45, 2.75) is 10.3 Å². The number of nitroso groups, excluding NO2 is 1. The fourth-order valence-corrected chi connectivity index (χ4v) is 1.15. The maximum atomic E-state index is 10.3. The first-order valence-corrected chi connectivity index (χ1v) is 3.93. The number of amides is 1. The lowest BCUT2D eigenvalue weighted by Crippen LogP contribution is -2.16. The van der Waals surface area contributed by atoms with Gasteiger partial charge in [0.05, 0.1) is 10.3 Å². The number of carbonyl (C=O) groups excluding carboxylic acids is 1. The first kappa shape index (κ1) is 10.4. The van der Waals surface area contributed by atoms with E-state index in [1.165, 1.54) is 0 Å². The molecule has 0 rings (SSSR count). The van der Waals surface area contributed by atoms with Crippen molar-refractivity contribution in [3.05, 3.63) is 15.0 Å². The Morgan fingerprint density at radius 2 is 2.27 bits per heavy atom. The molecule has 0 fully saturated rings. The van der Waals surface area contributed by atoms with E-state index < -0.39 is 14.8 Å². The minimum absolute atomic E-state index is 0.162. The molecule has 1 unspecified atom stereocenters. The van der Waals surface area contributed by atoms with Crippen molar-refractivity contribution < 1.29 is 9.72 Å². The Hall–Kier alpha value is -0.600. The van der Waals surface area contributed by atoms with E-state index in [1.54, 1.807) is 22.6 Å². The molecule has 62 valence electrons. The van der Waals surface area contributed by atoms with Gasteiger partial charge in [0.25, 0.3) is 5.91 Å². The number of hydrogen-bond acceptors (Lipinski definition) is 4. The van der Waals surface area contributed by atoms with Gasteiger partial charge < -0.3 is 0 Å². The lowest BCUT2D eigenvalue weighted by atomic mass is 10.3. The molecule has 0 aliphatic carbocycles. The Labute approximate surface area is 75.6 Å². The predicted octanol–water partition coefficient (Wildman–Crippen LogP) is 0.750. The third-order valence-electron chi connectivity index (χ3n) is 0.845. The molecule has 0 N–H and O–H groups in total. The Morgan fingerprint density at radius 3 is 2.64 bits per heavy atom. The highest BCUT2D eigenvalue weighted by Crippen LogP contribution is 2.06. The normalized spacial score (nSPS) is 12.1. The minimum Gasteiger partial charge on any atom is -0.269 e. The van der Waals surface area contributed by atoms with Crippen LogP contribution in [0.15, 0.2) is 5.18 Å². The Morgan fingerprint density at radius 1 is 1.73 bits per heavy atom. The fourth-order valence-electron chi connectivity index (χ4n) is 0.453. The average molecular weight is 272 g/mol. The van der Waals surface area contributed by atoms with E-state index in [-0.39, 0.29) is 13.0 Å². The summed E-state index contributed by atoms with van der Waals surface area (Å²) in [6, 6.07) is 0. The highest BCUT2D eigenvalue weighted by atomic mass is 127. The van der Waals surface area contributed by atoms with Crippen molar-refractivity contribution in [3.8, 4) is 0 Å². The molecule has 0 saturated carbocycles. The highest BCUT2D eigenvalue weighted by molar-refractivity contribution is 14.1. The molecule has 0 aromatic heterocycles. The molecule has 0 heterocycles. The second kappa shape index (κ2) is 5.10. The summed E-state index contributed by atoms with van der Waals surface area (Å²) >= 11 is 1.73. The van der Waals surface area contributed by atoms with E-state index in [0.29, 0.717) is 0 Å². The molecule has 7 heteroatoms. The average Bonchev–Trinajstić information content (AvgIpc) is 1.85. The summed E-state index contributed by atoms with van der Waals surface area (Å²) in [6.45, 7) is -0.318. The summed E-state index contributed by atoms with van der Waals surface area (Å²) in [5.41, 5.74) is 0. The molecule has 0 spiro atoms. The molecule has 1 atom stereocenters. The summed E-state index contributed by atoms with van der Waals surface area (Å²) < 4.78 is -0.451. The third kappa shape index (κ3) is 5.83. The van der Waals surface area contributed by atoms with Gasteiger partial charge in [-0.1, -0.05) is 22.6 Å². The van der Waals surface area contributed by atoms with Crippen LogP contribution < -0.4 is 0 Å². The molecule has 0 saturated heterocycles. The largest absolute Gasteiger partial charge is 0.287 e. The molecule has 0 aliphatic rings. The van der Waals surface area contributed by atoms with Gasteiger partial charge >= 0.3 is 0 Å². The number of halogens is 1. The van der Waals surface area contributed by atoms with Crippen LogP contribution >= 0.6 is 22.6 Å². The first-order chi connectivity index (χ1) is 5.06. The zero-order valence-electron chi connectivity index (χ0n) is 5.40. The maximum absolute atomic E-state index is 10.3. The highest BCUT2D eigenvalue weighted by Gasteiger charge is 2.15. The van der Waals surface area contributed by atoms with Gasteiger partial charge in [-0.15, -0.1) is 4.91 Å². The van der Waals surface area contributed by atoms with Crippen molar-refractivity contribution >= 4 is 28.5 Å². The lowest BCUT2D eigenvalue weighted by Gasteiger charge is -1.98. The van der Waals surface area contributed by atoms with E-state index in [1.807, 2.05) is 0 Å². The first-order valence-electron chi connectivity index (χ1n) is 2.68. The Kier molecular flexibility index (Phi) is 4.83. The summed E-state index contributed by atoms with van der Waals surface area (Å²) in [7, 11) is 0. The summed E-state index contributed by atoms with van der Waals surface area (Å²) in [4.78, 5) is 29.2. The van der Waals surface area contributed by atoms with Crippen LogP contribution in [0.25, 0.3) is 0 Å². The van der Waals surface area contributed by atoms with Crippen LogP contribution in [0.1, 0.15) is 6.42 Å². The number of hydrogen-bond donors (Lipinski definition) is 0. The number of nitro groups is 1. The monoisotopic (exact) mass is 272 g/mol. The smallest absolute Gasteiger partial charge is 0.269 e. The zero-order valence-corrected chi connectivity index (χ0v) is 7.55. The van der Waals surface area contributed by atoms with Gasteiger partial charge in [0.2, 0.25) is 6.54 Å². The van der Waals surface area contributed by atoms with E-state index >= 15 is 0 Å². The lowest BCUT2D eigenvalue weighted by molar-refractivity contribution is -0.478. The number of nitrogens with zero attached hydrogens (tertiary/aromatic N) is 2. The Balaban J connectivity index is 3.68. The molecule has 0 bridgehead atoms. The maximum Gasteiger partial charge on any atom is 0.287 e. The topological polar surface area (TPSA) is 89.6 Å². The summed E-state index contributed by atoms with van der Waals surface area (Å²) in [6.07, 6.45) is -0.162. The van der Waals surface area contributed by atoms with Crippen LogP contribution in [0, 0.1) is 15.0 Å². The number of rotatable bonds is 4. The molecular formula is C4H5IN2O4. The van der Waals surface area contributed by atoms with Crippen LogP contribution in [0.2, 0.25) is 0 Å². The van der Waals surface area contributed by atoms with Gasteiger partial charge in [0.1, 0.15) is 0 Å². The van der Waals surface area contributed by atoms with Crippen LogP contribution in [-0.4, -0.2) is 21.3 Å². The quantitative estimate of drug-likeness (QED) is 0.248. The van der Waals surface area contributed by atoms with Crippen molar-refractivity contribution in [2.75, 3.05) is 6.54 Å². The van der Waals surface area contributed by atoms with Crippen LogP contribution in [0.3, 0.4) is 0 Å². The van der Waals surface area contributed by atoms with Gasteiger partial charge in [0, 0.05) is 10.1 Å². The van der Waals surface area contributed by atoms with Crippen molar-refractivity contribution in [1.82, 2.24) is 0 Å². The van der Waals surface area contributed by atoms with Gasteiger partial charge in [-0.2, -0.15) is 0 Å². The molecule has 0 radical (unpaired) electrons. The zero-order chi connectivity index (χ0) is 8.85. The Bertz CT molecular complexity index is 183. The van der Waals surface area contributed by atoms with Crippen molar-refractivity contribution in [1.29, 1.82) is 0 Å². The molecule has 0 aromatic carbocycles. The van der Waals surface area contributed by atoms with E-state index in [0.717, 1.165) is 0 Å². The number of alkyl halides is 1. The molecule has 6 nitrogen and oxygen atoms in total. The number of carbonyl (C=O) groups is 1. The van der Waals surface area contributed by atoms with Crippen LogP contribution in [-0.2, 0) is 4.79 Å². The van der Waals surface area contributed by atoms with E-state index in [9.17, 15) is 19.8 Å². The van der Waals surface area contributed by atoms with E-state index in [2.05, 4.69) is 5.18 Å².